The van der Waals surface area contributed by atoms with Crippen LogP contribution in [0.4, 0.5) is 0 Å². The minimum atomic E-state index is -4.97. The number of carbonyl (C=O) groups is 4. The van der Waals surface area contributed by atoms with Crippen LogP contribution in [0.5, 0.6) is 0 Å². The van der Waals surface area contributed by atoms with E-state index in [-0.39, 0.29) is 25.7 Å². The number of phosphoric ester groups is 2. The Balaban J connectivity index is 5.27. The topological polar surface area (TPSA) is 237 Å². The van der Waals surface area contributed by atoms with E-state index in [0.29, 0.717) is 25.7 Å². The van der Waals surface area contributed by atoms with Gasteiger partial charge in [-0.2, -0.15) is 0 Å². The van der Waals surface area contributed by atoms with E-state index >= 15 is 0 Å². The largest absolute Gasteiger partial charge is 0.472 e. The zero-order valence-electron chi connectivity index (χ0n) is 62.7. The van der Waals surface area contributed by atoms with Crippen molar-refractivity contribution in [3.05, 3.63) is 24.3 Å². The van der Waals surface area contributed by atoms with Gasteiger partial charge in [0.2, 0.25) is 0 Å². The van der Waals surface area contributed by atoms with Crippen LogP contribution in [0.1, 0.15) is 388 Å². The Kier molecular flexibility index (Phi) is 68.8. The van der Waals surface area contributed by atoms with E-state index < -0.39 is 97.5 Å². The summed E-state index contributed by atoms with van der Waals surface area (Å²) in [5.41, 5.74) is 0. The van der Waals surface area contributed by atoms with Crippen LogP contribution in [0, 0.1) is 5.92 Å². The summed E-state index contributed by atoms with van der Waals surface area (Å²) in [6, 6.07) is 0. The van der Waals surface area contributed by atoms with E-state index in [1.165, 1.54) is 193 Å². The first-order valence-electron chi connectivity index (χ1n) is 40.0. The average Bonchev–Trinajstić information content (AvgIpc) is 1.45. The molecule has 0 aliphatic heterocycles. The molecule has 0 rings (SSSR count). The highest BCUT2D eigenvalue weighted by atomic mass is 31.2. The van der Waals surface area contributed by atoms with Gasteiger partial charge in [0.05, 0.1) is 26.4 Å². The summed E-state index contributed by atoms with van der Waals surface area (Å²) in [5.74, 6) is -1.33. The van der Waals surface area contributed by atoms with Crippen LogP contribution in [0.2, 0.25) is 0 Å². The molecule has 17 nitrogen and oxygen atoms in total. The minimum Gasteiger partial charge on any atom is -0.462 e. The molecular formula is C78H148O17P2. The maximum absolute atomic E-state index is 13.1. The monoisotopic (exact) mass is 1420 g/mol. The van der Waals surface area contributed by atoms with Crippen molar-refractivity contribution in [2.45, 2.75) is 406 Å². The summed E-state index contributed by atoms with van der Waals surface area (Å²) in [6.07, 6.45) is 63.1. The molecule has 572 valence electrons. The normalized spacial score (nSPS) is 14.1. The predicted octanol–water partition coefficient (Wildman–Crippen LogP) is 22.8. The molecule has 2 unspecified atom stereocenters. The second kappa shape index (κ2) is 70.6. The lowest BCUT2D eigenvalue weighted by molar-refractivity contribution is -0.161. The smallest absolute Gasteiger partial charge is 0.462 e. The van der Waals surface area contributed by atoms with Crippen molar-refractivity contribution in [1.29, 1.82) is 0 Å². The number of ether oxygens (including phenoxy) is 4. The Bertz CT molecular complexity index is 1950. The Labute approximate surface area is 592 Å². The van der Waals surface area contributed by atoms with Crippen molar-refractivity contribution in [2.24, 2.45) is 5.92 Å². The number of aliphatic hydroxyl groups is 1. The highest BCUT2D eigenvalue weighted by Crippen LogP contribution is 2.45. The van der Waals surface area contributed by atoms with Gasteiger partial charge in [-0.05, 0) is 57.3 Å². The van der Waals surface area contributed by atoms with Crippen LogP contribution < -0.4 is 0 Å². The molecule has 3 N–H and O–H groups in total. The maximum atomic E-state index is 13.1. The van der Waals surface area contributed by atoms with E-state index in [1.807, 2.05) is 0 Å². The molecule has 0 aromatic rings. The maximum Gasteiger partial charge on any atom is 0.472 e. The first kappa shape index (κ1) is 94.5. The summed E-state index contributed by atoms with van der Waals surface area (Å²) >= 11 is 0. The Morgan fingerprint density at radius 1 is 0.320 bits per heavy atom. The SMILES string of the molecule is CCCCCC/C=C\C=C/CCCCCCCC(=O)OC[C@H](COP(=O)(O)OC[C@@H](O)COP(=O)(O)OC[C@@H](COC(=O)CCCCCCCCCCCCC)OC(=O)CCCCCCCCCCCCCC)OC(=O)CCCCCCCCCCCCCCCCCCC(C)C. The average molecular weight is 1420 g/mol. The highest BCUT2D eigenvalue weighted by Gasteiger charge is 2.30. The molecule has 0 aliphatic rings. The van der Waals surface area contributed by atoms with Gasteiger partial charge in [-0.3, -0.25) is 37.3 Å². The number of hydrogen-bond acceptors (Lipinski definition) is 15. The van der Waals surface area contributed by atoms with Crippen molar-refractivity contribution in [1.82, 2.24) is 0 Å². The van der Waals surface area contributed by atoms with Crippen LogP contribution in [0.15, 0.2) is 24.3 Å². The molecule has 0 spiro atoms. The molecule has 0 heterocycles. The van der Waals surface area contributed by atoms with Gasteiger partial charge in [-0.1, -0.05) is 335 Å². The second-order valence-electron chi connectivity index (χ2n) is 27.9. The fraction of sp³-hybridized carbons (Fsp3) is 0.897. The number of allylic oxidation sites excluding steroid dienone is 4. The fourth-order valence-corrected chi connectivity index (χ4v) is 13.1. The zero-order valence-corrected chi connectivity index (χ0v) is 64.5. The van der Waals surface area contributed by atoms with E-state index in [1.54, 1.807) is 0 Å². The van der Waals surface area contributed by atoms with Crippen LogP contribution >= 0.6 is 15.6 Å². The number of rotatable bonds is 76. The van der Waals surface area contributed by atoms with Crippen LogP contribution in [0.25, 0.3) is 0 Å². The van der Waals surface area contributed by atoms with E-state index in [4.69, 9.17) is 37.0 Å². The number of aliphatic hydroxyl groups excluding tert-OH is 1. The van der Waals surface area contributed by atoms with Crippen molar-refractivity contribution in [3.63, 3.8) is 0 Å². The van der Waals surface area contributed by atoms with E-state index in [9.17, 15) is 43.2 Å². The lowest BCUT2D eigenvalue weighted by Crippen LogP contribution is -2.30. The molecule has 19 heteroatoms. The molecule has 0 radical (unpaired) electrons. The standard InChI is InChI=1S/C78H148O17P2/c1-6-9-12-15-18-21-24-26-29-33-38-42-47-52-57-62-76(81)89-68-74(95-78(83)64-59-54-49-44-39-34-31-28-27-30-32-36-40-45-50-55-60-71(4)5)70-93-97(86,87)91-66-72(79)65-90-96(84,85)92-69-73(67-88-75(80)61-56-51-46-41-35-23-20-17-14-11-8-3)94-77(82)63-58-53-48-43-37-25-22-19-16-13-10-7-2/h21,24,26,29,71-74,79H,6-20,22-23,25,27-28,30-70H2,1-5H3,(H,84,85)(H,86,87)/b24-21-,29-26-/t72-,73+,74+/m0/s1. The predicted molar refractivity (Wildman–Crippen MR) is 395 cm³/mol. The third kappa shape index (κ3) is 71.7. The van der Waals surface area contributed by atoms with Gasteiger partial charge in [0.25, 0.3) is 0 Å². The molecule has 5 atom stereocenters. The summed E-state index contributed by atoms with van der Waals surface area (Å²) in [7, 11) is -9.92. The van der Waals surface area contributed by atoms with Gasteiger partial charge >= 0.3 is 39.5 Å². The van der Waals surface area contributed by atoms with Gasteiger partial charge < -0.3 is 33.8 Å². The molecule has 0 aromatic carbocycles. The van der Waals surface area contributed by atoms with Crippen molar-refractivity contribution < 1.29 is 80.2 Å². The number of carbonyl (C=O) groups excluding carboxylic acids is 4. The number of esters is 4. The van der Waals surface area contributed by atoms with Gasteiger partial charge in [0.1, 0.15) is 19.3 Å². The van der Waals surface area contributed by atoms with Gasteiger partial charge in [-0.15, -0.1) is 0 Å². The number of hydrogen-bond donors (Lipinski definition) is 3. The lowest BCUT2D eigenvalue weighted by atomic mass is 10.0. The highest BCUT2D eigenvalue weighted by molar-refractivity contribution is 7.47. The lowest BCUT2D eigenvalue weighted by Gasteiger charge is -2.21. The molecule has 0 fully saturated rings. The number of unbranched alkanes of at least 4 members (excludes halogenated alkanes) is 45. The molecule has 0 bridgehead atoms. The van der Waals surface area contributed by atoms with Crippen LogP contribution in [0.3, 0.4) is 0 Å². The third-order valence-electron chi connectivity index (χ3n) is 17.7. The first-order chi connectivity index (χ1) is 47.0. The third-order valence-corrected chi connectivity index (χ3v) is 19.6. The van der Waals surface area contributed by atoms with Crippen molar-refractivity contribution >= 4 is 39.5 Å². The summed E-state index contributed by atoms with van der Waals surface area (Å²) in [5, 5.41) is 10.6. The zero-order chi connectivity index (χ0) is 71.2. The molecule has 0 saturated heterocycles. The Hall–Kier alpha value is -2.46. The number of phosphoric acid groups is 2. The second-order valence-corrected chi connectivity index (χ2v) is 30.8. The summed E-state index contributed by atoms with van der Waals surface area (Å²) in [4.78, 5) is 72.8. The van der Waals surface area contributed by atoms with E-state index in [0.717, 1.165) is 115 Å². The molecule has 0 saturated carbocycles. The molecule has 0 aliphatic carbocycles. The summed E-state index contributed by atoms with van der Waals surface area (Å²) in [6.45, 7) is 7.27. The van der Waals surface area contributed by atoms with Crippen molar-refractivity contribution in [3.8, 4) is 0 Å². The van der Waals surface area contributed by atoms with Gasteiger partial charge in [0, 0.05) is 25.7 Å². The van der Waals surface area contributed by atoms with Crippen molar-refractivity contribution in [2.75, 3.05) is 39.6 Å². The quantitative estimate of drug-likeness (QED) is 0.0169. The van der Waals surface area contributed by atoms with E-state index in [2.05, 4.69) is 58.9 Å². The molecule has 97 heavy (non-hydrogen) atoms. The summed E-state index contributed by atoms with van der Waals surface area (Å²) < 4.78 is 68.5. The first-order valence-corrected chi connectivity index (χ1v) is 42.9. The molecule has 0 aromatic heterocycles. The van der Waals surface area contributed by atoms with Gasteiger partial charge in [0.15, 0.2) is 12.2 Å². The van der Waals surface area contributed by atoms with Crippen LogP contribution in [-0.2, 0) is 65.4 Å². The fourth-order valence-electron chi connectivity index (χ4n) is 11.5. The van der Waals surface area contributed by atoms with Gasteiger partial charge in [-0.25, -0.2) is 9.13 Å². The Morgan fingerprint density at radius 3 is 0.845 bits per heavy atom. The van der Waals surface area contributed by atoms with Crippen LogP contribution in [-0.4, -0.2) is 96.7 Å². The minimum absolute atomic E-state index is 0.101. The Morgan fingerprint density at radius 2 is 0.557 bits per heavy atom. The molecule has 0 amide bonds. The molecular weight excluding hydrogens is 1270 g/mol.